The van der Waals surface area contributed by atoms with Crippen LogP contribution in [0.15, 0.2) is 206 Å². The number of anilines is 3. The lowest BCUT2D eigenvalue weighted by Crippen LogP contribution is -2.26. The highest BCUT2D eigenvalue weighted by Gasteiger charge is 2.51. The van der Waals surface area contributed by atoms with Crippen molar-refractivity contribution < 1.29 is 0 Å². The van der Waals surface area contributed by atoms with Crippen molar-refractivity contribution in [1.82, 2.24) is 4.57 Å². The van der Waals surface area contributed by atoms with Gasteiger partial charge in [-0.2, -0.15) is 0 Å². The van der Waals surface area contributed by atoms with Crippen LogP contribution in [-0.4, -0.2) is 4.57 Å². The van der Waals surface area contributed by atoms with Gasteiger partial charge >= 0.3 is 0 Å². The third-order valence-electron chi connectivity index (χ3n) is 12.2. The van der Waals surface area contributed by atoms with Crippen molar-refractivity contribution in [2.45, 2.75) is 19.3 Å². The number of rotatable bonds is 4. The van der Waals surface area contributed by atoms with E-state index in [0.29, 0.717) is 0 Å². The molecular formula is C55H40N2. The van der Waals surface area contributed by atoms with Crippen molar-refractivity contribution in [2.75, 3.05) is 4.90 Å². The quantitative estimate of drug-likeness (QED) is 0.175. The summed E-state index contributed by atoms with van der Waals surface area (Å²) in [4.78, 5) is 2.44. The van der Waals surface area contributed by atoms with Crippen LogP contribution in [0.25, 0.3) is 60.5 Å². The van der Waals surface area contributed by atoms with Crippen molar-refractivity contribution in [3.63, 3.8) is 0 Å². The number of hydrogen-bond acceptors (Lipinski definition) is 1. The van der Waals surface area contributed by atoms with Crippen LogP contribution in [0.1, 0.15) is 36.1 Å². The van der Waals surface area contributed by atoms with E-state index < -0.39 is 5.41 Å². The lowest BCUT2D eigenvalue weighted by Gasteiger charge is -2.32. The average molecular weight is 729 g/mol. The summed E-state index contributed by atoms with van der Waals surface area (Å²) in [6.07, 6.45) is 0. The van der Waals surface area contributed by atoms with Crippen LogP contribution in [0.4, 0.5) is 17.1 Å². The van der Waals surface area contributed by atoms with Gasteiger partial charge in [-0.05, 0) is 116 Å². The van der Waals surface area contributed by atoms with Crippen molar-refractivity contribution >= 4 is 49.6 Å². The smallest absolute Gasteiger partial charge is 0.0726 e. The summed E-state index contributed by atoms with van der Waals surface area (Å²) in [7, 11) is 0. The maximum Gasteiger partial charge on any atom is 0.0726 e. The maximum atomic E-state index is 2.48. The molecule has 0 amide bonds. The Kier molecular flexibility index (Phi) is 7.55. The van der Waals surface area contributed by atoms with E-state index >= 15 is 0 Å². The average Bonchev–Trinajstić information content (AvgIpc) is 3.89. The van der Waals surface area contributed by atoms with Gasteiger partial charge in [-0.25, -0.2) is 0 Å². The summed E-state index contributed by atoms with van der Waals surface area (Å²) in [5.74, 6) is 0. The van der Waals surface area contributed by atoms with Gasteiger partial charge in [0.05, 0.1) is 16.4 Å². The highest BCUT2D eigenvalue weighted by Crippen LogP contribution is 2.63. The summed E-state index contributed by atoms with van der Waals surface area (Å²) in [6, 6.07) is 76.3. The second-order valence-electron chi connectivity index (χ2n) is 14.9. The number of hydrogen-bond donors (Lipinski definition) is 0. The van der Waals surface area contributed by atoms with E-state index in [4.69, 9.17) is 0 Å². The molecule has 0 saturated carbocycles. The molecule has 0 aliphatic heterocycles. The molecule has 0 bridgehead atoms. The molecule has 0 unspecified atom stereocenters. The first-order valence-corrected chi connectivity index (χ1v) is 20.1. The number of para-hydroxylation sites is 2. The summed E-state index contributed by atoms with van der Waals surface area (Å²) < 4.78 is 2.42. The Labute approximate surface area is 333 Å². The van der Waals surface area contributed by atoms with Crippen molar-refractivity contribution in [3.8, 4) is 27.9 Å². The topological polar surface area (TPSA) is 8.17 Å². The van der Waals surface area contributed by atoms with Gasteiger partial charge in [0.1, 0.15) is 0 Å². The minimum atomic E-state index is -0.408. The molecule has 1 aromatic heterocycles. The molecule has 1 spiro atoms. The molecule has 12 rings (SSSR count). The fourth-order valence-corrected chi connectivity index (χ4v) is 9.94. The second kappa shape index (κ2) is 13.0. The fourth-order valence-electron chi connectivity index (χ4n) is 9.94. The zero-order valence-electron chi connectivity index (χ0n) is 32.0. The highest BCUT2D eigenvalue weighted by molar-refractivity contribution is 6.11. The van der Waals surface area contributed by atoms with Gasteiger partial charge in [0.15, 0.2) is 0 Å². The molecule has 0 fully saturated rings. The zero-order chi connectivity index (χ0) is 38.1. The number of nitrogens with zero attached hydrogens (tertiary/aromatic N) is 2. The zero-order valence-corrected chi connectivity index (χ0v) is 32.0. The Bertz CT molecular complexity index is 3100. The first-order valence-electron chi connectivity index (χ1n) is 20.1. The molecule has 0 N–H and O–H groups in total. The van der Waals surface area contributed by atoms with E-state index in [-0.39, 0.29) is 0 Å². The van der Waals surface area contributed by atoms with Crippen molar-refractivity contribution in [1.29, 1.82) is 0 Å². The van der Waals surface area contributed by atoms with Crippen molar-refractivity contribution in [2.24, 2.45) is 0 Å². The lowest BCUT2D eigenvalue weighted by atomic mass is 9.70. The Morgan fingerprint density at radius 3 is 1.58 bits per heavy atom. The Hall–Kier alpha value is -7.16. The first-order chi connectivity index (χ1) is 28.3. The van der Waals surface area contributed by atoms with Crippen molar-refractivity contribution in [3.05, 3.63) is 229 Å². The van der Waals surface area contributed by atoms with Crippen LogP contribution in [0.3, 0.4) is 0 Å². The third-order valence-corrected chi connectivity index (χ3v) is 12.2. The molecule has 270 valence electrons. The summed E-state index contributed by atoms with van der Waals surface area (Å²) in [5.41, 5.74) is 17.2. The molecular weight excluding hydrogens is 689 g/mol. The molecule has 10 aromatic rings. The van der Waals surface area contributed by atoms with E-state index in [2.05, 4.69) is 216 Å². The highest BCUT2D eigenvalue weighted by atomic mass is 15.1. The Balaban J connectivity index is 0.00000184. The van der Waals surface area contributed by atoms with E-state index in [1.54, 1.807) is 0 Å². The summed E-state index contributed by atoms with van der Waals surface area (Å²) >= 11 is 0. The number of aromatic nitrogens is 1. The molecule has 0 radical (unpaired) electrons. The molecule has 0 saturated heterocycles. The van der Waals surface area contributed by atoms with E-state index in [1.165, 1.54) is 77.1 Å². The van der Waals surface area contributed by atoms with Gasteiger partial charge < -0.3 is 9.47 Å². The Morgan fingerprint density at radius 2 is 0.877 bits per heavy atom. The fraction of sp³-hybridized carbons (Fsp3) is 0.0545. The monoisotopic (exact) mass is 728 g/mol. The largest absolute Gasteiger partial charge is 0.310 e. The van der Waals surface area contributed by atoms with Gasteiger partial charge in [0, 0.05) is 33.5 Å². The molecule has 2 nitrogen and oxygen atoms in total. The van der Waals surface area contributed by atoms with Gasteiger partial charge in [-0.15, -0.1) is 0 Å². The first kappa shape index (κ1) is 33.2. The van der Waals surface area contributed by atoms with E-state index in [1.807, 2.05) is 13.8 Å². The van der Waals surface area contributed by atoms with Crippen LogP contribution < -0.4 is 4.90 Å². The molecule has 0 atom stereocenters. The summed E-state index contributed by atoms with van der Waals surface area (Å²) in [5, 5.41) is 4.95. The molecule has 2 aliphatic carbocycles. The molecule has 2 heteroatoms. The molecule has 1 heterocycles. The normalized spacial score (nSPS) is 12.9. The lowest BCUT2D eigenvalue weighted by molar-refractivity contribution is 0.793. The molecule has 57 heavy (non-hydrogen) atoms. The van der Waals surface area contributed by atoms with E-state index in [0.717, 1.165) is 22.7 Å². The second-order valence-corrected chi connectivity index (χ2v) is 14.9. The maximum absolute atomic E-state index is 2.48. The van der Waals surface area contributed by atoms with E-state index in [9.17, 15) is 0 Å². The summed E-state index contributed by atoms with van der Waals surface area (Å²) in [6.45, 7) is 4.00. The van der Waals surface area contributed by atoms with Crippen LogP contribution in [-0.2, 0) is 5.41 Å². The predicted molar refractivity (Wildman–Crippen MR) is 241 cm³/mol. The van der Waals surface area contributed by atoms with Crippen LogP contribution >= 0.6 is 0 Å². The Morgan fingerprint density at radius 1 is 0.351 bits per heavy atom. The number of fused-ring (bicyclic) bond motifs is 14. The molecule has 2 aliphatic rings. The minimum absolute atomic E-state index is 0.408. The minimum Gasteiger partial charge on any atom is -0.310 e. The molecule has 9 aromatic carbocycles. The van der Waals surface area contributed by atoms with Crippen LogP contribution in [0.5, 0.6) is 0 Å². The van der Waals surface area contributed by atoms with Crippen LogP contribution in [0.2, 0.25) is 0 Å². The third kappa shape index (κ3) is 4.71. The SMILES string of the molecule is CC.c1ccc(N(c2ccc3c(c2)C2(c4ccccc4-c4ccccc42)c2ccccc2-3)c2ccc3c(c2)c2ccccc2n3-c2ccc3ccccc3c2)cc1. The predicted octanol–water partition coefficient (Wildman–Crippen LogP) is 14.8. The van der Waals surface area contributed by atoms with Gasteiger partial charge in [-0.1, -0.05) is 159 Å². The van der Waals surface area contributed by atoms with Gasteiger partial charge in [-0.3, -0.25) is 0 Å². The standard InChI is InChI=1S/C53H34N2.C2H6/c1-2-16-37(17-3-1)54(39-29-31-52-46(33-39)45-21-9-13-25-51(45)55(52)38-27-26-35-14-4-5-15-36(35)32-38)40-28-30-44-43-20-8-12-24-49(43)53(50(44)34-40)47-22-10-6-18-41(47)42-19-7-11-23-48(42)53;1-2/h1-34H;1-2H3. The van der Waals surface area contributed by atoms with Gasteiger partial charge in [0.2, 0.25) is 0 Å². The van der Waals surface area contributed by atoms with Gasteiger partial charge in [0.25, 0.3) is 0 Å². The number of benzene rings is 9. The van der Waals surface area contributed by atoms with Crippen LogP contribution in [0, 0.1) is 0 Å².